The third kappa shape index (κ3) is 1.95. The van der Waals surface area contributed by atoms with E-state index < -0.39 is 0 Å². The molecule has 1 fully saturated rings. The number of amides is 1. The van der Waals surface area contributed by atoms with E-state index >= 15 is 0 Å². The van der Waals surface area contributed by atoms with Crippen molar-refractivity contribution in [3.05, 3.63) is 0 Å². The molecule has 0 aromatic rings. The molecule has 1 heterocycles. The minimum atomic E-state index is -0.0384. The van der Waals surface area contributed by atoms with Crippen LogP contribution in [0.4, 0.5) is 0 Å². The molecular weight excluding hydrogens is 154 g/mol. The lowest BCUT2D eigenvalue weighted by Crippen LogP contribution is -2.43. The maximum absolute atomic E-state index is 11.2. The predicted octanol–water partition coefficient (Wildman–Crippen LogP) is -0.846. The van der Waals surface area contributed by atoms with Crippen LogP contribution in [0, 0.1) is 0 Å². The molecule has 0 aromatic heterocycles. The maximum atomic E-state index is 11.2. The van der Waals surface area contributed by atoms with E-state index in [-0.39, 0.29) is 18.0 Å². The van der Waals surface area contributed by atoms with Gasteiger partial charge in [-0.2, -0.15) is 0 Å². The summed E-state index contributed by atoms with van der Waals surface area (Å²) in [4.78, 5) is 13.3. The minimum absolute atomic E-state index is 0.0384. The molecule has 4 heteroatoms. The number of carbonyl (C=O) groups is 1. The SMILES string of the molecule is CNC(=O)C(C)N1CC[C@@H](N)C1. The van der Waals surface area contributed by atoms with Gasteiger partial charge in [-0.25, -0.2) is 0 Å². The first kappa shape index (κ1) is 9.48. The van der Waals surface area contributed by atoms with Gasteiger partial charge in [0.15, 0.2) is 0 Å². The van der Waals surface area contributed by atoms with Gasteiger partial charge in [-0.15, -0.1) is 0 Å². The number of carbonyl (C=O) groups excluding carboxylic acids is 1. The first-order valence-electron chi connectivity index (χ1n) is 4.36. The molecule has 1 aliphatic heterocycles. The second kappa shape index (κ2) is 3.87. The van der Waals surface area contributed by atoms with Crippen LogP contribution >= 0.6 is 0 Å². The first-order valence-corrected chi connectivity index (χ1v) is 4.36. The average Bonchev–Trinajstić information content (AvgIpc) is 2.49. The van der Waals surface area contributed by atoms with Crippen molar-refractivity contribution in [2.24, 2.45) is 5.73 Å². The molecule has 1 amide bonds. The summed E-state index contributed by atoms with van der Waals surface area (Å²) in [5.41, 5.74) is 5.73. The van der Waals surface area contributed by atoms with Gasteiger partial charge < -0.3 is 11.1 Å². The lowest BCUT2D eigenvalue weighted by atomic mass is 10.3. The topological polar surface area (TPSA) is 58.4 Å². The smallest absolute Gasteiger partial charge is 0.236 e. The van der Waals surface area contributed by atoms with E-state index in [0.717, 1.165) is 19.5 Å². The number of nitrogens with one attached hydrogen (secondary N) is 1. The summed E-state index contributed by atoms with van der Waals surface area (Å²) in [6.45, 7) is 3.70. The van der Waals surface area contributed by atoms with Crippen LogP contribution < -0.4 is 11.1 Å². The number of nitrogens with zero attached hydrogens (tertiary/aromatic N) is 1. The second-order valence-electron chi connectivity index (χ2n) is 3.33. The van der Waals surface area contributed by atoms with Gasteiger partial charge in [-0.05, 0) is 13.3 Å². The van der Waals surface area contributed by atoms with E-state index in [4.69, 9.17) is 5.73 Å². The summed E-state index contributed by atoms with van der Waals surface area (Å²) in [6, 6.07) is 0.209. The van der Waals surface area contributed by atoms with Crippen LogP contribution in [0.5, 0.6) is 0 Å². The average molecular weight is 171 g/mol. The van der Waals surface area contributed by atoms with Crippen LogP contribution in [0.15, 0.2) is 0 Å². The Morgan fingerprint density at radius 2 is 2.42 bits per heavy atom. The summed E-state index contributed by atoms with van der Waals surface area (Å²) in [5, 5.41) is 2.64. The molecule has 4 nitrogen and oxygen atoms in total. The van der Waals surface area contributed by atoms with E-state index in [0.29, 0.717) is 0 Å². The van der Waals surface area contributed by atoms with E-state index in [1.165, 1.54) is 0 Å². The van der Waals surface area contributed by atoms with Crippen molar-refractivity contribution in [2.75, 3.05) is 20.1 Å². The molecule has 0 saturated carbocycles. The van der Waals surface area contributed by atoms with Crippen LogP contribution in [-0.4, -0.2) is 43.0 Å². The summed E-state index contributed by atoms with van der Waals surface area (Å²) in [6.07, 6.45) is 1.00. The molecule has 0 aromatic carbocycles. The zero-order valence-corrected chi connectivity index (χ0v) is 7.71. The van der Waals surface area contributed by atoms with Crippen LogP contribution in [-0.2, 0) is 4.79 Å². The molecule has 0 aliphatic carbocycles. The summed E-state index contributed by atoms with van der Waals surface area (Å²) in [7, 11) is 1.66. The Hall–Kier alpha value is -0.610. The fraction of sp³-hybridized carbons (Fsp3) is 0.875. The van der Waals surface area contributed by atoms with Crippen molar-refractivity contribution in [1.82, 2.24) is 10.2 Å². The summed E-state index contributed by atoms with van der Waals surface area (Å²) >= 11 is 0. The van der Waals surface area contributed by atoms with Crippen LogP contribution in [0.2, 0.25) is 0 Å². The van der Waals surface area contributed by atoms with Gasteiger partial charge in [-0.1, -0.05) is 0 Å². The van der Waals surface area contributed by atoms with Crippen molar-refractivity contribution in [2.45, 2.75) is 25.4 Å². The second-order valence-corrected chi connectivity index (χ2v) is 3.33. The van der Waals surface area contributed by atoms with Crippen molar-refractivity contribution >= 4 is 5.91 Å². The molecule has 2 atom stereocenters. The lowest BCUT2D eigenvalue weighted by Gasteiger charge is -2.21. The number of hydrogen-bond donors (Lipinski definition) is 2. The van der Waals surface area contributed by atoms with E-state index in [9.17, 15) is 4.79 Å². The highest BCUT2D eigenvalue weighted by atomic mass is 16.2. The molecule has 0 radical (unpaired) electrons. The zero-order chi connectivity index (χ0) is 9.14. The lowest BCUT2D eigenvalue weighted by molar-refractivity contribution is -0.125. The van der Waals surface area contributed by atoms with Gasteiger partial charge in [0.1, 0.15) is 0 Å². The normalized spacial score (nSPS) is 27.1. The molecule has 3 N–H and O–H groups in total. The highest BCUT2D eigenvalue weighted by Gasteiger charge is 2.26. The van der Waals surface area contributed by atoms with Crippen molar-refractivity contribution in [3.63, 3.8) is 0 Å². The van der Waals surface area contributed by atoms with Crippen molar-refractivity contribution in [1.29, 1.82) is 0 Å². The summed E-state index contributed by atoms with van der Waals surface area (Å²) < 4.78 is 0. The summed E-state index contributed by atoms with van der Waals surface area (Å²) in [5.74, 6) is 0.0732. The van der Waals surface area contributed by atoms with Gasteiger partial charge in [0.25, 0.3) is 0 Å². The van der Waals surface area contributed by atoms with Crippen LogP contribution in [0.1, 0.15) is 13.3 Å². The van der Waals surface area contributed by atoms with Gasteiger partial charge >= 0.3 is 0 Å². The molecule has 0 spiro atoms. The standard InChI is InChI=1S/C8H17N3O/c1-6(8(12)10-2)11-4-3-7(9)5-11/h6-7H,3-5,9H2,1-2H3,(H,10,12)/t6?,7-/m1/s1. The number of hydrogen-bond acceptors (Lipinski definition) is 3. The molecule has 1 aliphatic rings. The Labute approximate surface area is 73.1 Å². The van der Waals surface area contributed by atoms with Crippen molar-refractivity contribution in [3.8, 4) is 0 Å². The van der Waals surface area contributed by atoms with E-state index in [1.807, 2.05) is 6.92 Å². The highest BCUT2D eigenvalue weighted by molar-refractivity contribution is 5.80. The maximum Gasteiger partial charge on any atom is 0.236 e. The van der Waals surface area contributed by atoms with E-state index in [1.54, 1.807) is 7.05 Å². The third-order valence-corrected chi connectivity index (χ3v) is 2.43. The molecule has 1 rings (SSSR count). The van der Waals surface area contributed by atoms with Gasteiger partial charge in [0, 0.05) is 26.2 Å². The molecule has 70 valence electrons. The molecule has 1 unspecified atom stereocenters. The monoisotopic (exact) mass is 171 g/mol. The van der Waals surface area contributed by atoms with Crippen LogP contribution in [0.3, 0.4) is 0 Å². The largest absolute Gasteiger partial charge is 0.358 e. The Bertz CT molecular complexity index is 172. The fourth-order valence-electron chi connectivity index (χ4n) is 1.54. The predicted molar refractivity (Wildman–Crippen MR) is 47.7 cm³/mol. The number of nitrogens with two attached hydrogens (primary N) is 1. The zero-order valence-electron chi connectivity index (χ0n) is 7.71. The molecule has 12 heavy (non-hydrogen) atoms. The third-order valence-electron chi connectivity index (χ3n) is 2.43. The Morgan fingerprint density at radius 3 is 2.83 bits per heavy atom. The number of likely N-dealkylation sites (tertiary alicyclic amines) is 1. The minimum Gasteiger partial charge on any atom is -0.358 e. The Morgan fingerprint density at radius 1 is 1.75 bits per heavy atom. The Balaban J connectivity index is 2.42. The van der Waals surface area contributed by atoms with Crippen molar-refractivity contribution < 1.29 is 4.79 Å². The first-order chi connectivity index (χ1) is 5.65. The molecule has 0 bridgehead atoms. The fourth-order valence-corrected chi connectivity index (χ4v) is 1.54. The quantitative estimate of drug-likeness (QED) is 0.569. The number of rotatable bonds is 2. The van der Waals surface area contributed by atoms with Gasteiger partial charge in [-0.3, -0.25) is 9.69 Å². The van der Waals surface area contributed by atoms with E-state index in [2.05, 4.69) is 10.2 Å². The van der Waals surface area contributed by atoms with Gasteiger partial charge in [0.2, 0.25) is 5.91 Å². The molecule has 1 saturated heterocycles. The highest BCUT2D eigenvalue weighted by Crippen LogP contribution is 2.10. The Kier molecular flexibility index (Phi) is 3.05. The molecular formula is C8H17N3O. The van der Waals surface area contributed by atoms with Gasteiger partial charge in [0.05, 0.1) is 6.04 Å². The number of likely N-dealkylation sites (N-methyl/N-ethyl adjacent to an activating group) is 1. The van der Waals surface area contributed by atoms with Crippen LogP contribution in [0.25, 0.3) is 0 Å².